The molecule has 3 N–H and O–H groups in total. The number of carbonyl (C=O) groups excluding carboxylic acids is 3. The molecule has 10 heteroatoms. The summed E-state index contributed by atoms with van der Waals surface area (Å²) in [7, 11) is -3.80. The Morgan fingerprint density at radius 3 is 2.41 bits per heavy atom. The third kappa shape index (κ3) is 6.39. The van der Waals surface area contributed by atoms with Crippen molar-refractivity contribution in [2.45, 2.75) is 17.7 Å². The van der Waals surface area contributed by atoms with Gasteiger partial charge < -0.3 is 5.32 Å². The quantitative estimate of drug-likeness (QED) is 0.569. The van der Waals surface area contributed by atoms with Crippen molar-refractivity contribution in [3.05, 3.63) is 77.2 Å². The Kier molecular flexibility index (Phi) is 7.62. The number of sulfonamides is 1. The van der Waals surface area contributed by atoms with Crippen LogP contribution in [0.4, 0.5) is 10.5 Å². The van der Waals surface area contributed by atoms with Gasteiger partial charge in [-0.15, -0.1) is 0 Å². The molecule has 0 spiro atoms. The van der Waals surface area contributed by atoms with Crippen LogP contribution in [0.3, 0.4) is 0 Å². The molecule has 3 rings (SSSR count). The highest BCUT2D eigenvalue weighted by Gasteiger charge is 2.34. The fourth-order valence-electron chi connectivity index (χ4n) is 2.87. The topological polar surface area (TPSA) is 127 Å². The Morgan fingerprint density at radius 1 is 1.06 bits per heavy atom. The van der Waals surface area contributed by atoms with Gasteiger partial charge in [-0.05, 0) is 54.1 Å². The summed E-state index contributed by atoms with van der Waals surface area (Å²) in [5.41, 5.74) is 1.40. The minimum Gasteiger partial charge on any atom is -0.326 e. The number of allylic oxidation sites excluding steroid dienone is 2. The molecule has 0 aromatic heterocycles. The second-order valence-electron chi connectivity index (χ2n) is 6.85. The molecule has 8 nitrogen and oxygen atoms in total. The van der Waals surface area contributed by atoms with E-state index in [1.54, 1.807) is 12.2 Å². The summed E-state index contributed by atoms with van der Waals surface area (Å²) in [6, 6.07) is 15.0. The monoisotopic (exact) mass is 471 g/mol. The summed E-state index contributed by atoms with van der Waals surface area (Å²) in [4.78, 5) is 38.1. The zero-order valence-electron chi connectivity index (χ0n) is 16.9. The number of benzene rings is 2. The summed E-state index contributed by atoms with van der Waals surface area (Å²) in [5, 5.41) is 7.30. The molecule has 1 aliphatic heterocycles. The molecule has 0 radical (unpaired) electrons. The van der Waals surface area contributed by atoms with E-state index >= 15 is 0 Å². The normalized spacial score (nSPS) is 15.7. The number of nitrogens with one attached hydrogen (secondary N) is 1. The largest absolute Gasteiger partial charge is 0.326 e. The Bertz CT molecular complexity index is 1170. The van der Waals surface area contributed by atoms with Gasteiger partial charge in [0.1, 0.15) is 0 Å². The SMILES string of the molecule is NS(=O)(=O)c1ccc(NC(=O)CCCN2C(=O)S/C(=C/C=C/c3ccccc3)C2=O)cc1. The maximum absolute atomic E-state index is 12.5. The van der Waals surface area contributed by atoms with Crippen LogP contribution in [0.15, 0.2) is 76.5 Å². The lowest BCUT2D eigenvalue weighted by atomic mass is 10.2. The van der Waals surface area contributed by atoms with Gasteiger partial charge in [0.2, 0.25) is 15.9 Å². The van der Waals surface area contributed by atoms with Crippen LogP contribution in [0.2, 0.25) is 0 Å². The molecule has 32 heavy (non-hydrogen) atoms. The lowest BCUT2D eigenvalue weighted by Crippen LogP contribution is -2.29. The van der Waals surface area contributed by atoms with E-state index < -0.39 is 10.0 Å². The van der Waals surface area contributed by atoms with Gasteiger partial charge in [0.25, 0.3) is 11.1 Å². The van der Waals surface area contributed by atoms with Gasteiger partial charge in [-0.2, -0.15) is 0 Å². The van der Waals surface area contributed by atoms with E-state index in [4.69, 9.17) is 5.14 Å². The Hall–Kier alpha value is -3.21. The fraction of sp³-hybridized carbons (Fsp3) is 0.136. The molecule has 1 heterocycles. The third-order valence-corrected chi connectivity index (χ3v) is 6.32. The van der Waals surface area contributed by atoms with Crippen molar-refractivity contribution in [2.75, 3.05) is 11.9 Å². The predicted octanol–water partition coefficient (Wildman–Crippen LogP) is 3.35. The van der Waals surface area contributed by atoms with Crippen LogP contribution in [0, 0.1) is 0 Å². The molecule has 1 aliphatic rings. The van der Waals surface area contributed by atoms with Crippen LogP contribution >= 0.6 is 11.8 Å². The number of nitrogens with zero attached hydrogens (tertiary/aromatic N) is 1. The Labute approximate surface area is 190 Å². The first-order valence-corrected chi connectivity index (χ1v) is 12.0. The number of primary sulfonamides is 1. The summed E-state index contributed by atoms with van der Waals surface area (Å²) in [6.07, 6.45) is 5.56. The van der Waals surface area contributed by atoms with Gasteiger partial charge >= 0.3 is 0 Å². The van der Waals surface area contributed by atoms with Crippen molar-refractivity contribution in [3.8, 4) is 0 Å². The number of nitrogens with two attached hydrogens (primary N) is 1. The van der Waals surface area contributed by atoms with Crippen molar-refractivity contribution in [2.24, 2.45) is 5.14 Å². The van der Waals surface area contributed by atoms with E-state index in [9.17, 15) is 22.8 Å². The molecular weight excluding hydrogens is 450 g/mol. The summed E-state index contributed by atoms with van der Waals surface area (Å²) < 4.78 is 22.5. The predicted molar refractivity (Wildman–Crippen MR) is 124 cm³/mol. The summed E-state index contributed by atoms with van der Waals surface area (Å²) in [5.74, 6) is -0.696. The van der Waals surface area contributed by atoms with Gasteiger partial charge in [-0.3, -0.25) is 19.3 Å². The van der Waals surface area contributed by atoms with Gasteiger partial charge in [-0.1, -0.05) is 42.5 Å². The summed E-state index contributed by atoms with van der Waals surface area (Å²) >= 11 is 0.869. The fourth-order valence-corrected chi connectivity index (χ4v) is 4.20. The molecule has 2 aromatic rings. The average molecular weight is 472 g/mol. The number of thioether (sulfide) groups is 1. The minimum atomic E-state index is -3.80. The molecule has 0 aliphatic carbocycles. The zero-order chi connectivity index (χ0) is 23.1. The van der Waals surface area contributed by atoms with Crippen LogP contribution < -0.4 is 10.5 Å². The van der Waals surface area contributed by atoms with Crippen LogP contribution in [-0.4, -0.2) is 36.9 Å². The standard InChI is InChI=1S/C22H21N3O5S2/c23-32(29,30)18-13-11-17(12-14-18)24-20(26)10-5-15-25-21(27)19(31-22(25)28)9-4-8-16-6-2-1-3-7-16/h1-4,6-9,11-14H,5,10,15H2,(H,24,26)(H2,23,29,30)/b8-4+,19-9+. The highest BCUT2D eigenvalue weighted by molar-refractivity contribution is 8.18. The van der Waals surface area contributed by atoms with Crippen LogP contribution in [0.5, 0.6) is 0 Å². The second-order valence-corrected chi connectivity index (χ2v) is 9.40. The lowest BCUT2D eigenvalue weighted by Gasteiger charge is -2.12. The Balaban J connectivity index is 1.48. The number of carbonyl (C=O) groups is 3. The number of anilines is 1. The van der Waals surface area contributed by atoms with E-state index in [1.165, 1.54) is 24.3 Å². The van der Waals surface area contributed by atoms with Gasteiger partial charge in [0, 0.05) is 18.7 Å². The van der Waals surface area contributed by atoms with Crippen molar-refractivity contribution in [1.29, 1.82) is 0 Å². The molecule has 0 atom stereocenters. The molecular formula is C22H21N3O5S2. The molecule has 2 aromatic carbocycles. The number of rotatable bonds is 8. The minimum absolute atomic E-state index is 0.0541. The van der Waals surface area contributed by atoms with Crippen molar-refractivity contribution >= 4 is 50.6 Å². The maximum Gasteiger partial charge on any atom is 0.293 e. The second kappa shape index (κ2) is 10.4. The number of imide groups is 1. The lowest BCUT2D eigenvalue weighted by molar-refractivity contribution is -0.123. The van der Waals surface area contributed by atoms with Crippen LogP contribution in [0.1, 0.15) is 18.4 Å². The van der Waals surface area contributed by atoms with Gasteiger partial charge in [-0.25, -0.2) is 13.6 Å². The molecule has 1 saturated heterocycles. The van der Waals surface area contributed by atoms with E-state index in [0.717, 1.165) is 22.2 Å². The van der Waals surface area contributed by atoms with Gasteiger partial charge in [0.15, 0.2) is 0 Å². The van der Waals surface area contributed by atoms with E-state index in [2.05, 4.69) is 5.32 Å². The van der Waals surface area contributed by atoms with Crippen molar-refractivity contribution in [1.82, 2.24) is 4.90 Å². The molecule has 0 bridgehead atoms. The highest BCUT2D eigenvalue weighted by Crippen LogP contribution is 2.30. The number of amides is 3. The van der Waals surface area contributed by atoms with E-state index in [-0.39, 0.29) is 34.9 Å². The molecule has 1 fully saturated rings. The van der Waals surface area contributed by atoms with Gasteiger partial charge in [0.05, 0.1) is 9.80 Å². The van der Waals surface area contributed by atoms with E-state index in [0.29, 0.717) is 17.0 Å². The first-order chi connectivity index (χ1) is 15.2. The van der Waals surface area contributed by atoms with Crippen molar-refractivity contribution < 1.29 is 22.8 Å². The highest BCUT2D eigenvalue weighted by atomic mass is 32.2. The smallest absolute Gasteiger partial charge is 0.293 e. The summed E-state index contributed by atoms with van der Waals surface area (Å²) in [6.45, 7) is 0.127. The first kappa shape index (κ1) is 23.5. The maximum atomic E-state index is 12.5. The molecule has 0 unspecified atom stereocenters. The number of hydrogen-bond acceptors (Lipinski definition) is 6. The average Bonchev–Trinajstić information content (AvgIpc) is 3.02. The zero-order valence-corrected chi connectivity index (χ0v) is 18.6. The third-order valence-electron chi connectivity index (χ3n) is 4.46. The molecule has 3 amide bonds. The van der Waals surface area contributed by atoms with Crippen molar-refractivity contribution in [3.63, 3.8) is 0 Å². The van der Waals surface area contributed by atoms with Crippen LogP contribution in [0.25, 0.3) is 6.08 Å². The molecule has 0 saturated carbocycles. The van der Waals surface area contributed by atoms with E-state index in [1.807, 2.05) is 36.4 Å². The first-order valence-electron chi connectivity index (χ1n) is 9.64. The number of hydrogen-bond donors (Lipinski definition) is 2. The van der Waals surface area contributed by atoms with Crippen LogP contribution in [-0.2, 0) is 19.6 Å². The molecule has 166 valence electrons. The Morgan fingerprint density at radius 2 is 1.75 bits per heavy atom.